The maximum absolute atomic E-state index is 13.0. The predicted octanol–water partition coefficient (Wildman–Crippen LogP) is 0.970. The molecular formula is C16H19N5O. The Morgan fingerprint density at radius 1 is 1.27 bits per heavy atom. The molecule has 0 atom stereocenters. The van der Waals surface area contributed by atoms with Crippen molar-refractivity contribution in [3.05, 3.63) is 47.0 Å². The summed E-state index contributed by atoms with van der Waals surface area (Å²) in [6.07, 6.45) is 3.61. The van der Waals surface area contributed by atoms with Gasteiger partial charge < -0.3 is 10.2 Å². The lowest BCUT2D eigenvalue weighted by Gasteiger charge is -2.21. The van der Waals surface area contributed by atoms with Crippen LogP contribution in [0.15, 0.2) is 24.4 Å². The van der Waals surface area contributed by atoms with Gasteiger partial charge >= 0.3 is 0 Å². The molecule has 22 heavy (non-hydrogen) atoms. The number of amides is 1. The molecule has 0 aromatic carbocycles. The van der Waals surface area contributed by atoms with Crippen LogP contribution in [-0.4, -0.2) is 38.7 Å². The van der Waals surface area contributed by atoms with Crippen molar-refractivity contribution in [2.45, 2.75) is 32.5 Å². The molecule has 2 aromatic heterocycles. The molecule has 2 aliphatic heterocycles. The second-order valence-electron chi connectivity index (χ2n) is 5.83. The van der Waals surface area contributed by atoms with Gasteiger partial charge in [0.2, 0.25) is 0 Å². The van der Waals surface area contributed by atoms with Gasteiger partial charge in [-0.25, -0.2) is 0 Å². The molecule has 0 saturated heterocycles. The van der Waals surface area contributed by atoms with Crippen molar-refractivity contribution in [1.82, 2.24) is 25.0 Å². The Balaban J connectivity index is 1.66. The van der Waals surface area contributed by atoms with E-state index in [4.69, 9.17) is 0 Å². The van der Waals surface area contributed by atoms with Gasteiger partial charge in [-0.2, -0.15) is 5.10 Å². The first-order valence-electron chi connectivity index (χ1n) is 7.81. The summed E-state index contributed by atoms with van der Waals surface area (Å²) in [7, 11) is 0. The largest absolute Gasteiger partial charge is 0.331 e. The number of carbonyl (C=O) groups excluding carboxylic acids is 1. The van der Waals surface area contributed by atoms with Crippen molar-refractivity contribution in [1.29, 1.82) is 0 Å². The van der Waals surface area contributed by atoms with Crippen LogP contribution in [0.5, 0.6) is 0 Å². The van der Waals surface area contributed by atoms with Crippen LogP contribution in [-0.2, 0) is 26.1 Å². The van der Waals surface area contributed by atoms with E-state index in [0.717, 1.165) is 61.7 Å². The number of pyridine rings is 1. The molecule has 1 N–H and O–H groups in total. The topological polar surface area (TPSA) is 63.1 Å². The van der Waals surface area contributed by atoms with Crippen LogP contribution in [0.3, 0.4) is 0 Å². The summed E-state index contributed by atoms with van der Waals surface area (Å²) in [5, 5.41) is 8.00. The van der Waals surface area contributed by atoms with Gasteiger partial charge in [0.1, 0.15) is 5.69 Å². The molecule has 0 fully saturated rings. The minimum absolute atomic E-state index is 0.0839. The van der Waals surface area contributed by atoms with Gasteiger partial charge in [-0.15, -0.1) is 0 Å². The molecule has 4 rings (SSSR count). The van der Waals surface area contributed by atoms with Gasteiger partial charge in [-0.05, 0) is 18.6 Å². The minimum atomic E-state index is 0.0839. The van der Waals surface area contributed by atoms with Crippen LogP contribution in [0.25, 0.3) is 0 Å². The molecule has 0 spiro atoms. The highest BCUT2D eigenvalue weighted by Gasteiger charge is 2.30. The molecule has 114 valence electrons. The van der Waals surface area contributed by atoms with E-state index in [9.17, 15) is 4.79 Å². The minimum Gasteiger partial charge on any atom is -0.331 e. The van der Waals surface area contributed by atoms with Gasteiger partial charge in [0, 0.05) is 44.4 Å². The summed E-state index contributed by atoms with van der Waals surface area (Å²) in [5.41, 5.74) is 3.87. The summed E-state index contributed by atoms with van der Waals surface area (Å²) in [4.78, 5) is 19.2. The summed E-state index contributed by atoms with van der Waals surface area (Å²) < 4.78 is 1.92. The fourth-order valence-electron chi connectivity index (χ4n) is 3.26. The molecule has 0 radical (unpaired) electrons. The van der Waals surface area contributed by atoms with Gasteiger partial charge in [0.05, 0.1) is 17.9 Å². The highest BCUT2D eigenvalue weighted by atomic mass is 16.2. The van der Waals surface area contributed by atoms with Crippen LogP contribution in [0, 0.1) is 0 Å². The van der Waals surface area contributed by atoms with Gasteiger partial charge in [-0.1, -0.05) is 6.07 Å². The van der Waals surface area contributed by atoms with Gasteiger partial charge in [0.25, 0.3) is 5.91 Å². The molecule has 0 bridgehead atoms. The average Bonchev–Trinajstić information content (AvgIpc) is 2.85. The Bertz CT molecular complexity index is 694. The van der Waals surface area contributed by atoms with Crippen LogP contribution in [0.4, 0.5) is 0 Å². The molecule has 0 saturated carbocycles. The third-order valence-corrected chi connectivity index (χ3v) is 4.34. The molecular weight excluding hydrogens is 278 g/mol. The number of nitrogens with one attached hydrogen (secondary N) is 1. The first-order valence-corrected chi connectivity index (χ1v) is 7.81. The Hall–Kier alpha value is -2.21. The highest BCUT2D eigenvalue weighted by molar-refractivity contribution is 5.94. The SMILES string of the molecule is O=C1c2c3c(nn2CCCN1Cc1ccccn1)CCNC3. The van der Waals surface area contributed by atoms with Crippen molar-refractivity contribution in [3.63, 3.8) is 0 Å². The number of carbonyl (C=O) groups is 1. The Labute approximate surface area is 129 Å². The second-order valence-corrected chi connectivity index (χ2v) is 5.83. The fourth-order valence-corrected chi connectivity index (χ4v) is 3.26. The van der Waals surface area contributed by atoms with Crippen molar-refractivity contribution >= 4 is 5.91 Å². The van der Waals surface area contributed by atoms with Crippen molar-refractivity contribution in [2.24, 2.45) is 0 Å². The molecule has 6 nitrogen and oxygen atoms in total. The number of hydrogen-bond donors (Lipinski definition) is 1. The van der Waals surface area contributed by atoms with E-state index in [-0.39, 0.29) is 5.91 Å². The first kappa shape index (κ1) is 13.5. The Morgan fingerprint density at radius 3 is 3.09 bits per heavy atom. The quantitative estimate of drug-likeness (QED) is 0.897. The highest BCUT2D eigenvalue weighted by Crippen LogP contribution is 2.23. The van der Waals surface area contributed by atoms with Crippen LogP contribution in [0.2, 0.25) is 0 Å². The lowest BCUT2D eigenvalue weighted by molar-refractivity contribution is 0.0742. The van der Waals surface area contributed by atoms with E-state index < -0.39 is 0 Å². The molecule has 6 heteroatoms. The number of aromatic nitrogens is 3. The van der Waals surface area contributed by atoms with Crippen LogP contribution in [0.1, 0.15) is 33.9 Å². The average molecular weight is 297 g/mol. The Morgan fingerprint density at radius 2 is 2.23 bits per heavy atom. The van der Waals surface area contributed by atoms with Crippen LogP contribution < -0.4 is 5.32 Å². The molecule has 2 aromatic rings. The number of hydrogen-bond acceptors (Lipinski definition) is 4. The molecule has 4 heterocycles. The monoisotopic (exact) mass is 297 g/mol. The number of nitrogens with zero attached hydrogens (tertiary/aromatic N) is 4. The van der Waals surface area contributed by atoms with E-state index in [1.54, 1.807) is 6.20 Å². The zero-order valence-electron chi connectivity index (χ0n) is 12.5. The lowest BCUT2D eigenvalue weighted by atomic mass is 10.1. The normalized spacial score (nSPS) is 17.8. The predicted molar refractivity (Wildman–Crippen MR) is 81.2 cm³/mol. The number of rotatable bonds is 2. The summed E-state index contributed by atoms with van der Waals surface area (Å²) in [5.74, 6) is 0.0839. The Kier molecular flexibility index (Phi) is 3.38. The van der Waals surface area contributed by atoms with E-state index in [2.05, 4.69) is 15.4 Å². The maximum atomic E-state index is 13.0. The fraction of sp³-hybridized carbons (Fsp3) is 0.438. The molecule has 0 unspecified atom stereocenters. The van der Waals surface area contributed by atoms with E-state index in [0.29, 0.717) is 6.54 Å². The molecule has 0 aliphatic carbocycles. The standard InChI is InChI=1S/C16H19N5O/c22-16-15-13-10-17-7-5-14(13)19-21(15)9-3-8-20(16)11-12-4-1-2-6-18-12/h1-2,4,6,17H,3,5,7-11H2. The summed E-state index contributed by atoms with van der Waals surface area (Å²) in [6, 6.07) is 5.82. The summed E-state index contributed by atoms with van der Waals surface area (Å²) in [6.45, 7) is 3.81. The second kappa shape index (κ2) is 5.53. The zero-order chi connectivity index (χ0) is 14.9. The maximum Gasteiger partial charge on any atom is 0.272 e. The van der Waals surface area contributed by atoms with E-state index in [1.807, 2.05) is 27.8 Å². The van der Waals surface area contributed by atoms with Crippen molar-refractivity contribution < 1.29 is 4.79 Å². The smallest absolute Gasteiger partial charge is 0.272 e. The third-order valence-electron chi connectivity index (χ3n) is 4.34. The van der Waals surface area contributed by atoms with Crippen molar-refractivity contribution in [3.8, 4) is 0 Å². The third kappa shape index (κ3) is 2.29. The lowest BCUT2D eigenvalue weighted by Crippen LogP contribution is -2.33. The van der Waals surface area contributed by atoms with Gasteiger partial charge in [-0.3, -0.25) is 14.5 Å². The number of aryl methyl sites for hydroxylation is 1. The van der Waals surface area contributed by atoms with Crippen molar-refractivity contribution in [2.75, 3.05) is 13.1 Å². The zero-order valence-corrected chi connectivity index (χ0v) is 12.5. The molecule has 1 amide bonds. The van der Waals surface area contributed by atoms with Gasteiger partial charge in [0.15, 0.2) is 0 Å². The number of fused-ring (bicyclic) bond motifs is 3. The first-order chi connectivity index (χ1) is 10.8. The summed E-state index contributed by atoms with van der Waals surface area (Å²) >= 11 is 0. The molecule has 2 aliphatic rings. The van der Waals surface area contributed by atoms with E-state index in [1.165, 1.54) is 0 Å². The van der Waals surface area contributed by atoms with E-state index >= 15 is 0 Å². The van der Waals surface area contributed by atoms with Crippen LogP contribution >= 0.6 is 0 Å².